The molecular formula is C26H29ClN4O3. The van der Waals surface area contributed by atoms with Crippen LogP contribution in [0.25, 0.3) is 4.85 Å². The molecule has 3 aliphatic rings. The van der Waals surface area contributed by atoms with Crippen LogP contribution in [0.1, 0.15) is 54.4 Å². The summed E-state index contributed by atoms with van der Waals surface area (Å²) in [5.74, 6) is 2.09. The monoisotopic (exact) mass is 480 g/mol. The molecule has 7 nitrogen and oxygen atoms in total. The number of anilines is 1. The summed E-state index contributed by atoms with van der Waals surface area (Å²) >= 11 is 6.13. The number of aromatic nitrogens is 1. The van der Waals surface area contributed by atoms with Crippen LogP contribution < -0.4 is 9.64 Å². The van der Waals surface area contributed by atoms with Gasteiger partial charge in [-0.15, -0.1) is 0 Å². The van der Waals surface area contributed by atoms with E-state index < -0.39 is 0 Å². The Morgan fingerprint density at radius 3 is 2.59 bits per heavy atom. The Bertz CT molecular complexity index is 1100. The summed E-state index contributed by atoms with van der Waals surface area (Å²) < 4.78 is 6.11. The van der Waals surface area contributed by atoms with E-state index in [2.05, 4.69) is 20.8 Å². The Balaban J connectivity index is 1.18. The maximum Gasteiger partial charge on any atom is 0.256 e. The molecule has 0 radical (unpaired) electrons. The maximum absolute atomic E-state index is 13.1. The zero-order chi connectivity index (χ0) is 23.7. The van der Waals surface area contributed by atoms with Gasteiger partial charge in [0, 0.05) is 38.5 Å². The summed E-state index contributed by atoms with van der Waals surface area (Å²) in [5, 5.41) is 9.79. The highest BCUT2D eigenvalue weighted by Crippen LogP contribution is 2.35. The number of aliphatic hydroxyl groups is 1. The number of carbonyl (C=O) groups is 1. The molecule has 0 spiro atoms. The van der Waals surface area contributed by atoms with Crippen molar-refractivity contribution in [1.29, 1.82) is 0 Å². The van der Waals surface area contributed by atoms with Gasteiger partial charge < -0.3 is 19.6 Å². The molecule has 2 fully saturated rings. The van der Waals surface area contributed by atoms with E-state index in [0.29, 0.717) is 28.9 Å². The van der Waals surface area contributed by atoms with Crippen LogP contribution in [0, 0.1) is 12.5 Å². The van der Waals surface area contributed by atoms with Crippen LogP contribution >= 0.6 is 11.6 Å². The molecule has 0 bridgehead atoms. The number of ether oxygens (including phenoxy) is 1. The van der Waals surface area contributed by atoms with Crippen molar-refractivity contribution in [2.75, 3.05) is 24.6 Å². The van der Waals surface area contributed by atoms with Crippen LogP contribution in [0.5, 0.6) is 5.75 Å². The van der Waals surface area contributed by atoms with Gasteiger partial charge in [-0.25, -0.2) is 9.83 Å². The van der Waals surface area contributed by atoms with E-state index in [0.717, 1.165) is 68.6 Å². The molecule has 1 saturated heterocycles. The van der Waals surface area contributed by atoms with Crippen molar-refractivity contribution >= 4 is 29.0 Å². The standard InChI is InChI=1S/C26H29ClN4O3/c1-28-24-7-6-21(13-23(24)27)34-20-4-2-19(3-5-20)31-15-18-12-25(29-14-22(18)26(31)33)30-10-8-17(16-32)9-11-30/h6-7,12-14,17,19-20,32H,2-5,8-11,15-16H2. The third-order valence-corrected chi connectivity index (χ3v) is 7.73. The van der Waals surface area contributed by atoms with Crippen LogP contribution in [0.15, 0.2) is 30.5 Å². The summed E-state index contributed by atoms with van der Waals surface area (Å²) in [4.78, 5) is 25.4. The van der Waals surface area contributed by atoms with Gasteiger partial charge in [0.1, 0.15) is 11.6 Å². The van der Waals surface area contributed by atoms with E-state index in [1.807, 2.05) is 4.90 Å². The molecule has 1 amide bonds. The van der Waals surface area contributed by atoms with Gasteiger partial charge in [0.05, 0.1) is 23.3 Å². The zero-order valence-electron chi connectivity index (χ0n) is 19.1. The van der Waals surface area contributed by atoms with Gasteiger partial charge in [-0.3, -0.25) is 4.79 Å². The maximum atomic E-state index is 13.1. The highest BCUT2D eigenvalue weighted by atomic mass is 35.5. The van der Waals surface area contributed by atoms with Crippen LogP contribution in [0.4, 0.5) is 11.5 Å². The molecule has 1 N–H and O–H groups in total. The lowest BCUT2D eigenvalue weighted by Gasteiger charge is -2.34. The van der Waals surface area contributed by atoms with Gasteiger partial charge in [-0.05, 0) is 68.2 Å². The van der Waals surface area contributed by atoms with Crippen LogP contribution in [-0.4, -0.2) is 52.7 Å². The van der Waals surface area contributed by atoms with Crippen LogP contribution in [0.2, 0.25) is 5.02 Å². The minimum atomic E-state index is 0.0823. The molecule has 178 valence electrons. The zero-order valence-corrected chi connectivity index (χ0v) is 19.9. The van der Waals surface area contributed by atoms with E-state index >= 15 is 0 Å². The topological polar surface area (TPSA) is 70.3 Å². The number of aliphatic hydroxyl groups excluding tert-OH is 1. The van der Waals surface area contributed by atoms with Gasteiger partial charge in [0.2, 0.25) is 5.69 Å². The van der Waals surface area contributed by atoms with Crippen molar-refractivity contribution in [2.45, 2.75) is 57.2 Å². The smallest absolute Gasteiger partial charge is 0.256 e. The molecule has 3 heterocycles. The lowest BCUT2D eigenvalue weighted by Crippen LogP contribution is -2.40. The van der Waals surface area contributed by atoms with Gasteiger partial charge >= 0.3 is 0 Å². The van der Waals surface area contributed by atoms with Crippen molar-refractivity contribution < 1.29 is 14.6 Å². The van der Waals surface area contributed by atoms with Gasteiger partial charge in [-0.2, -0.15) is 0 Å². The molecular weight excluding hydrogens is 452 g/mol. The van der Waals surface area contributed by atoms with Crippen molar-refractivity contribution in [2.24, 2.45) is 5.92 Å². The SMILES string of the molecule is [C-]#[N+]c1ccc(OC2CCC(N3Cc4cc(N5CCC(CO)CC5)ncc4C3=O)CC2)cc1Cl. The van der Waals surface area contributed by atoms with E-state index in [1.165, 1.54) is 0 Å². The number of fused-ring (bicyclic) bond motifs is 1. The number of carbonyl (C=O) groups excluding carboxylic acids is 1. The summed E-state index contributed by atoms with van der Waals surface area (Å²) in [6, 6.07) is 7.48. The Labute approximate surface area is 205 Å². The number of piperidine rings is 1. The number of benzene rings is 1. The molecule has 1 saturated carbocycles. The molecule has 8 heteroatoms. The molecule has 1 aliphatic carbocycles. The van der Waals surface area contributed by atoms with Gasteiger partial charge in [0.25, 0.3) is 5.91 Å². The van der Waals surface area contributed by atoms with Gasteiger partial charge in [0.15, 0.2) is 0 Å². The quantitative estimate of drug-likeness (QED) is 0.620. The summed E-state index contributed by atoms with van der Waals surface area (Å²) in [7, 11) is 0. The van der Waals surface area contributed by atoms with E-state index in [1.54, 1.807) is 24.4 Å². The molecule has 34 heavy (non-hydrogen) atoms. The number of nitrogens with zero attached hydrogens (tertiary/aromatic N) is 4. The molecule has 1 aromatic heterocycles. The predicted molar refractivity (Wildman–Crippen MR) is 131 cm³/mol. The third-order valence-electron chi connectivity index (χ3n) is 7.43. The number of hydrogen-bond acceptors (Lipinski definition) is 5. The second-order valence-corrected chi connectivity index (χ2v) is 9.93. The lowest BCUT2D eigenvalue weighted by molar-refractivity contribution is 0.0561. The molecule has 5 rings (SSSR count). The normalized spacial score (nSPS) is 23.0. The molecule has 0 atom stereocenters. The first-order chi connectivity index (χ1) is 16.6. The van der Waals surface area contributed by atoms with E-state index in [-0.39, 0.29) is 24.7 Å². The first-order valence-corrected chi connectivity index (χ1v) is 12.4. The summed E-state index contributed by atoms with van der Waals surface area (Å²) in [6.45, 7) is 9.79. The predicted octanol–water partition coefficient (Wildman–Crippen LogP) is 4.84. The Kier molecular flexibility index (Phi) is 6.62. The Hall–Kier alpha value is -2.82. The van der Waals surface area contributed by atoms with E-state index in [4.69, 9.17) is 22.9 Å². The van der Waals surface area contributed by atoms with Crippen molar-refractivity contribution in [1.82, 2.24) is 9.88 Å². The fourth-order valence-electron chi connectivity index (χ4n) is 5.35. The number of hydrogen-bond donors (Lipinski definition) is 1. The second-order valence-electron chi connectivity index (χ2n) is 9.52. The first-order valence-electron chi connectivity index (χ1n) is 12.0. The summed E-state index contributed by atoms with van der Waals surface area (Å²) in [6.07, 6.45) is 7.31. The molecule has 2 aliphatic heterocycles. The molecule has 0 unspecified atom stereocenters. The van der Waals surface area contributed by atoms with Gasteiger partial charge in [-0.1, -0.05) is 17.7 Å². The number of amides is 1. The highest BCUT2D eigenvalue weighted by Gasteiger charge is 2.36. The first kappa shape index (κ1) is 22.9. The van der Waals surface area contributed by atoms with Crippen molar-refractivity contribution in [3.8, 4) is 5.75 Å². The second kappa shape index (κ2) is 9.81. The summed E-state index contributed by atoms with van der Waals surface area (Å²) in [5.41, 5.74) is 2.21. The number of rotatable bonds is 5. The highest BCUT2D eigenvalue weighted by molar-refractivity contribution is 6.33. The average molecular weight is 481 g/mol. The fraction of sp³-hybridized carbons (Fsp3) is 0.500. The molecule has 1 aromatic carbocycles. The number of pyridine rings is 1. The lowest BCUT2D eigenvalue weighted by atomic mass is 9.92. The minimum absolute atomic E-state index is 0.0823. The Morgan fingerprint density at radius 2 is 1.91 bits per heavy atom. The number of halogens is 1. The largest absolute Gasteiger partial charge is 0.490 e. The van der Waals surface area contributed by atoms with E-state index in [9.17, 15) is 9.90 Å². The van der Waals surface area contributed by atoms with Crippen molar-refractivity contribution in [3.05, 3.63) is 58.0 Å². The van der Waals surface area contributed by atoms with Crippen LogP contribution in [-0.2, 0) is 6.54 Å². The third kappa shape index (κ3) is 4.57. The average Bonchev–Trinajstić information content (AvgIpc) is 3.20. The fourth-order valence-corrected chi connectivity index (χ4v) is 5.56. The van der Waals surface area contributed by atoms with Crippen molar-refractivity contribution in [3.63, 3.8) is 0 Å². The Morgan fingerprint density at radius 1 is 1.15 bits per heavy atom. The van der Waals surface area contributed by atoms with Crippen LogP contribution in [0.3, 0.4) is 0 Å². The molecule has 2 aromatic rings. The minimum Gasteiger partial charge on any atom is -0.490 e.